The van der Waals surface area contributed by atoms with E-state index in [1.165, 1.54) is 29.7 Å². The average molecular weight is 249 g/mol. The monoisotopic (exact) mass is 249 g/mol. The van der Waals surface area contributed by atoms with Crippen molar-refractivity contribution in [2.75, 3.05) is 18.9 Å². The zero-order valence-corrected chi connectivity index (χ0v) is 10.9. The minimum Gasteiger partial charge on any atom is -0.493 e. The highest BCUT2D eigenvalue weighted by atomic mass is 32.2. The maximum Gasteiger partial charge on any atom is 0.122 e. The largest absolute Gasteiger partial charge is 0.493 e. The molecule has 1 saturated heterocycles. The molecule has 17 heavy (non-hydrogen) atoms. The van der Waals surface area contributed by atoms with Crippen molar-refractivity contribution in [1.29, 1.82) is 0 Å². The van der Waals surface area contributed by atoms with Crippen LogP contribution in [0, 0.1) is 0 Å². The van der Waals surface area contributed by atoms with Gasteiger partial charge in [0.05, 0.1) is 6.61 Å². The van der Waals surface area contributed by atoms with Crippen molar-refractivity contribution in [3.05, 3.63) is 29.3 Å². The van der Waals surface area contributed by atoms with Crippen LogP contribution in [-0.4, -0.2) is 24.2 Å². The third kappa shape index (κ3) is 2.78. The summed E-state index contributed by atoms with van der Waals surface area (Å²) in [5.41, 5.74) is 2.76. The molecule has 1 aromatic carbocycles. The smallest absolute Gasteiger partial charge is 0.122 e. The van der Waals surface area contributed by atoms with Crippen molar-refractivity contribution in [1.82, 2.24) is 5.32 Å². The quantitative estimate of drug-likeness (QED) is 0.886. The average Bonchev–Trinajstić information content (AvgIpc) is 2.98. The second-order valence-corrected chi connectivity index (χ2v) is 6.21. The molecule has 1 atom stereocenters. The van der Waals surface area contributed by atoms with Crippen molar-refractivity contribution >= 4 is 11.8 Å². The highest BCUT2D eigenvalue weighted by Gasteiger charge is 2.15. The Bertz CT molecular complexity index is 388. The summed E-state index contributed by atoms with van der Waals surface area (Å²) in [6.07, 6.45) is 3.85. The third-order valence-corrected chi connectivity index (χ3v) is 4.88. The molecule has 2 nitrogen and oxygen atoms in total. The molecule has 3 heteroatoms. The first kappa shape index (κ1) is 11.4. The topological polar surface area (TPSA) is 21.3 Å². The van der Waals surface area contributed by atoms with E-state index < -0.39 is 0 Å². The number of nitrogens with one attached hydrogen (secondary N) is 1. The summed E-state index contributed by atoms with van der Waals surface area (Å²) in [4.78, 5) is 0. The van der Waals surface area contributed by atoms with Gasteiger partial charge < -0.3 is 10.1 Å². The molecule has 92 valence electrons. The second kappa shape index (κ2) is 5.32. The van der Waals surface area contributed by atoms with Gasteiger partial charge in [-0.15, -0.1) is 0 Å². The van der Waals surface area contributed by atoms with E-state index in [1.807, 2.05) is 0 Å². The number of thioether (sulfide) groups is 1. The predicted octanol–water partition coefficient (Wildman–Crippen LogP) is 2.61. The fraction of sp³-hybridized carbons (Fsp3) is 0.571. The van der Waals surface area contributed by atoms with Crippen LogP contribution in [0.3, 0.4) is 0 Å². The molecule has 0 amide bonds. The summed E-state index contributed by atoms with van der Waals surface area (Å²) in [7, 11) is 0. The molecule has 0 bridgehead atoms. The van der Waals surface area contributed by atoms with Crippen LogP contribution in [0.4, 0.5) is 0 Å². The minimum atomic E-state index is 0.841. The molecule has 0 aromatic heterocycles. The predicted molar refractivity (Wildman–Crippen MR) is 72.8 cm³/mol. The number of rotatable bonds is 4. The number of ether oxygens (including phenoxy) is 1. The van der Waals surface area contributed by atoms with Gasteiger partial charge in [0.1, 0.15) is 5.75 Å². The van der Waals surface area contributed by atoms with Crippen LogP contribution in [0.25, 0.3) is 0 Å². The van der Waals surface area contributed by atoms with Crippen LogP contribution >= 0.6 is 11.8 Å². The van der Waals surface area contributed by atoms with E-state index in [1.54, 1.807) is 0 Å². The van der Waals surface area contributed by atoms with E-state index >= 15 is 0 Å². The van der Waals surface area contributed by atoms with Gasteiger partial charge in [-0.3, -0.25) is 0 Å². The molecule has 3 rings (SSSR count). The van der Waals surface area contributed by atoms with Gasteiger partial charge in [0.2, 0.25) is 0 Å². The van der Waals surface area contributed by atoms with E-state index in [-0.39, 0.29) is 0 Å². The minimum absolute atomic E-state index is 0.841. The lowest BCUT2D eigenvalue weighted by Crippen LogP contribution is -2.22. The summed E-state index contributed by atoms with van der Waals surface area (Å²) in [6, 6.07) is 6.58. The Kier molecular flexibility index (Phi) is 3.57. The van der Waals surface area contributed by atoms with E-state index in [0.29, 0.717) is 0 Å². The standard InChI is InChI=1S/C14H19NOS/c1-2-13(17-7-1)10-15-9-11-3-4-14-12(8-11)5-6-16-14/h3-4,8,13,15H,1-2,5-7,9-10H2. The van der Waals surface area contributed by atoms with Crippen LogP contribution in [0.5, 0.6) is 5.75 Å². The Balaban J connectivity index is 1.51. The van der Waals surface area contributed by atoms with Gasteiger partial charge in [-0.2, -0.15) is 11.8 Å². The molecule has 1 aromatic rings. The van der Waals surface area contributed by atoms with Gasteiger partial charge >= 0.3 is 0 Å². The number of fused-ring (bicyclic) bond motifs is 1. The second-order valence-electron chi connectivity index (χ2n) is 4.81. The Morgan fingerprint density at radius 2 is 2.41 bits per heavy atom. The maximum absolute atomic E-state index is 5.52. The molecular weight excluding hydrogens is 230 g/mol. The van der Waals surface area contributed by atoms with Gasteiger partial charge in [0.15, 0.2) is 0 Å². The SMILES string of the molecule is c1cc2c(cc1CNCC1CCCS1)CCO2. The molecular formula is C14H19NOS. The van der Waals surface area contributed by atoms with Crippen molar-refractivity contribution < 1.29 is 4.74 Å². The lowest BCUT2D eigenvalue weighted by Gasteiger charge is -2.10. The number of benzene rings is 1. The molecule has 0 radical (unpaired) electrons. The van der Waals surface area contributed by atoms with Crippen molar-refractivity contribution in [3.8, 4) is 5.75 Å². The van der Waals surface area contributed by atoms with Crippen molar-refractivity contribution in [3.63, 3.8) is 0 Å². The van der Waals surface area contributed by atoms with Crippen LogP contribution in [0.1, 0.15) is 24.0 Å². The Morgan fingerprint density at radius 3 is 3.29 bits per heavy atom. The van der Waals surface area contributed by atoms with Gasteiger partial charge in [-0.05, 0) is 35.8 Å². The molecule has 2 heterocycles. The first-order chi connectivity index (χ1) is 8.42. The van der Waals surface area contributed by atoms with Crippen LogP contribution in [-0.2, 0) is 13.0 Å². The Morgan fingerprint density at radius 1 is 1.41 bits per heavy atom. The lowest BCUT2D eigenvalue weighted by molar-refractivity contribution is 0.357. The summed E-state index contributed by atoms with van der Waals surface area (Å²) >= 11 is 2.12. The van der Waals surface area contributed by atoms with Gasteiger partial charge in [0.25, 0.3) is 0 Å². The van der Waals surface area contributed by atoms with Crippen LogP contribution in [0.2, 0.25) is 0 Å². The van der Waals surface area contributed by atoms with Gasteiger partial charge in [-0.25, -0.2) is 0 Å². The molecule has 2 aliphatic heterocycles. The van der Waals surface area contributed by atoms with Crippen LogP contribution < -0.4 is 10.1 Å². The zero-order chi connectivity index (χ0) is 11.5. The molecule has 1 fully saturated rings. The van der Waals surface area contributed by atoms with Crippen molar-refractivity contribution in [2.45, 2.75) is 31.1 Å². The maximum atomic E-state index is 5.52. The van der Waals surface area contributed by atoms with Gasteiger partial charge in [0, 0.05) is 24.8 Å². The highest BCUT2D eigenvalue weighted by molar-refractivity contribution is 8.00. The van der Waals surface area contributed by atoms with E-state index in [4.69, 9.17) is 4.74 Å². The summed E-state index contributed by atoms with van der Waals surface area (Å²) in [5.74, 6) is 2.43. The molecule has 0 aliphatic carbocycles. The van der Waals surface area contributed by atoms with E-state index in [0.717, 1.165) is 37.1 Å². The molecule has 1 N–H and O–H groups in total. The van der Waals surface area contributed by atoms with Gasteiger partial charge in [-0.1, -0.05) is 12.1 Å². The molecule has 0 saturated carbocycles. The zero-order valence-electron chi connectivity index (χ0n) is 10.1. The number of hydrogen-bond acceptors (Lipinski definition) is 3. The summed E-state index contributed by atoms with van der Waals surface area (Å²) in [5, 5.41) is 4.41. The first-order valence-corrected chi connectivity index (χ1v) is 7.53. The van der Waals surface area contributed by atoms with Crippen LogP contribution in [0.15, 0.2) is 18.2 Å². The third-order valence-electron chi connectivity index (χ3n) is 3.48. The summed E-state index contributed by atoms with van der Waals surface area (Å²) < 4.78 is 5.52. The number of hydrogen-bond donors (Lipinski definition) is 1. The Labute approximate surface area is 107 Å². The molecule has 1 unspecified atom stereocenters. The summed E-state index contributed by atoms with van der Waals surface area (Å²) in [6.45, 7) is 2.99. The highest BCUT2D eigenvalue weighted by Crippen LogP contribution is 2.27. The first-order valence-electron chi connectivity index (χ1n) is 6.49. The van der Waals surface area contributed by atoms with E-state index in [2.05, 4.69) is 35.3 Å². The van der Waals surface area contributed by atoms with Crippen molar-refractivity contribution in [2.24, 2.45) is 0 Å². The molecule has 0 spiro atoms. The fourth-order valence-electron chi connectivity index (χ4n) is 2.53. The van der Waals surface area contributed by atoms with E-state index in [9.17, 15) is 0 Å². The Hall–Kier alpha value is -0.670. The fourth-order valence-corrected chi connectivity index (χ4v) is 3.77. The molecule has 2 aliphatic rings. The lowest BCUT2D eigenvalue weighted by atomic mass is 10.1. The normalized spacial score (nSPS) is 22.5.